The molecule has 0 fully saturated rings. The second-order valence-corrected chi connectivity index (χ2v) is 3.84. The van der Waals surface area contributed by atoms with Gasteiger partial charge in [0, 0.05) is 0 Å². The van der Waals surface area contributed by atoms with E-state index in [1.165, 1.54) is 12.1 Å². The monoisotopic (exact) mass is 303 g/mol. The molecule has 0 saturated heterocycles. The molecule has 0 saturated carbocycles. The van der Waals surface area contributed by atoms with Crippen molar-refractivity contribution in [1.82, 2.24) is 10.3 Å². The molecule has 0 aliphatic rings. The average Bonchev–Trinajstić information content (AvgIpc) is 3.04. The second kappa shape index (κ2) is 5.31. The van der Waals surface area contributed by atoms with Crippen LogP contribution in [-0.2, 0) is 12.7 Å². The number of hydrogen-bond donors (Lipinski definition) is 2. The lowest BCUT2D eigenvalue weighted by Crippen LogP contribution is -2.25. The molecule has 0 aliphatic heterocycles. The molecule has 2 heterocycles. The van der Waals surface area contributed by atoms with Crippen molar-refractivity contribution in [3.05, 3.63) is 41.5 Å². The van der Waals surface area contributed by atoms with Gasteiger partial charge in [0.15, 0.2) is 17.8 Å². The number of rotatable bonds is 4. The van der Waals surface area contributed by atoms with Crippen LogP contribution in [-0.4, -0.2) is 16.8 Å². The number of nitrogens with zero attached hydrogens (tertiary/aromatic N) is 1. The van der Waals surface area contributed by atoms with E-state index in [0.29, 0.717) is 6.39 Å². The van der Waals surface area contributed by atoms with Crippen molar-refractivity contribution < 1.29 is 31.6 Å². The summed E-state index contributed by atoms with van der Waals surface area (Å²) in [6, 6.07) is 2.63. The minimum absolute atomic E-state index is 0.128. The molecule has 7 nitrogen and oxygen atoms in total. The summed E-state index contributed by atoms with van der Waals surface area (Å²) >= 11 is 0. The highest BCUT2D eigenvalue weighted by atomic mass is 19.4. The van der Waals surface area contributed by atoms with Crippen LogP contribution in [0.5, 0.6) is 0 Å². The van der Waals surface area contributed by atoms with Gasteiger partial charge in [-0.1, -0.05) is 0 Å². The van der Waals surface area contributed by atoms with E-state index in [1.54, 1.807) is 0 Å². The maximum atomic E-state index is 12.5. The van der Waals surface area contributed by atoms with Gasteiger partial charge in [0.05, 0.1) is 6.54 Å². The largest absolute Gasteiger partial charge is 0.454 e. The number of alkyl halides is 3. The Morgan fingerprint density at radius 2 is 2.05 bits per heavy atom. The third-order valence-electron chi connectivity index (χ3n) is 2.37. The fraction of sp³-hybridized carbons (Fsp3) is 0.182. The number of carbonyl (C=O) groups excluding carboxylic acids is 2. The maximum absolute atomic E-state index is 12.5. The van der Waals surface area contributed by atoms with Crippen LogP contribution in [0.25, 0.3) is 0 Å². The van der Waals surface area contributed by atoms with Crippen LogP contribution in [0.1, 0.15) is 32.6 Å². The topological polar surface area (TPSA) is 111 Å². The van der Waals surface area contributed by atoms with E-state index in [9.17, 15) is 22.8 Å². The van der Waals surface area contributed by atoms with Crippen molar-refractivity contribution >= 4 is 11.8 Å². The number of halogens is 3. The molecule has 112 valence electrons. The molecule has 2 aromatic rings. The van der Waals surface area contributed by atoms with Gasteiger partial charge in [0.2, 0.25) is 5.76 Å². The maximum Gasteiger partial charge on any atom is 0.452 e. The summed E-state index contributed by atoms with van der Waals surface area (Å²) in [6.45, 7) is -0.240. The van der Waals surface area contributed by atoms with Crippen molar-refractivity contribution in [2.75, 3.05) is 0 Å². The van der Waals surface area contributed by atoms with Crippen molar-refractivity contribution in [3.63, 3.8) is 0 Å². The van der Waals surface area contributed by atoms with E-state index >= 15 is 0 Å². The lowest BCUT2D eigenvalue weighted by atomic mass is 10.3. The van der Waals surface area contributed by atoms with Crippen LogP contribution in [0.2, 0.25) is 0 Å². The quantitative estimate of drug-likeness (QED) is 0.884. The number of nitrogens with one attached hydrogen (secondary N) is 1. The van der Waals surface area contributed by atoms with Gasteiger partial charge in [-0.25, -0.2) is 4.98 Å². The van der Waals surface area contributed by atoms with Crippen LogP contribution in [0.4, 0.5) is 13.2 Å². The van der Waals surface area contributed by atoms with Gasteiger partial charge in [-0.05, 0) is 12.1 Å². The van der Waals surface area contributed by atoms with Crippen molar-refractivity contribution in [2.24, 2.45) is 5.73 Å². The normalized spacial score (nSPS) is 11.4. The highest BCUT2D eigenvalue weighted by Crippen LogP contribution is 2.31. The smallest absolute Gasteiger partial charge is 0.452 e. The van der Waals surface area contributed by atoms with Crippen molar-refractivity contribution in [2.45, 2.75) is 12.7 Å². The number of aromatic nitrogens is 1. The zero-order chi connectivity index (χ0) is 15.6. The third-order valence-corrected chi connectivity index (χ3v) is 2.37. The number of oxazole rings is 1. The first-order valence-electron chi connectivity index (χ1n) is 5.46. The standard InChI is InChI=1S/C11H8F3N3O4/c12-11(13,14)8-7(17-4-20-8)10(19)16-3-5-1-2-6(21-5)9(15)18/h1-2,4H,3H2,(H2,15,18)(H,16,19). The molecule has 0 aliphatic carbocycles. The Morgan fingerprint density at radius 1 is 1.33 bits per heavy atom. The predicted octanol–water partition coefficient (Wildman–Crippen LogP) is 1.32. The molecular formula is C11H8F3N3O4. The van der Waals surface area contributed by atoms with Crippen LogP contribution in [0.15, 0.2) is 27.4 Å². The van der Waals surface area contributed by atoms with Gasteiger partial charge in [-0.3, -0.25) is 9.59 Å². The minimum atomic E-state index is -4.83. The highest BCUT2D eigenvalue weighted by molar-refractivity contribution is 5.93. The molecule has 0 radical (unpaired) electrons. The van der Waals surface area contributed by atoms with Crippen molar-refractivity contribution in [3.8, 4) is 0 Å². The van der Waals surface area contributed by atoms with E-state index in [2.05, 4.69) is 14.7 Å². The number of carbonyl (C=O) groups is 2. The molecule has 2 aromatic heterocycles. The summed E-state index contributed by atoms with van der Waals surface area (Å²) in [5.41, 5.74) is 4.08. The summed E-state index contributed by atoms with van der Waals surface area (Å²) in [4.78, 5) is 25.6. The highest BCUT2D eigenvalue weighted by Gasteiger charge is 2.40. The Bertz CT molecular complexity index is 674. The van der Waals surface area contributed by atoms with Crippen LogP contribution >= 0.6 is 0 Å². The summed E-state index contributed by atoms with van der Waals surface area (Å²) in [5.74, 6) is -3.36. The molecule has 2 amide bonds. The Hall–Kier alpha value is -2.78. The predicted molar refractivity (Wildman–Crippen MR) is 59.9 cm³/mol. The Labute approximate surface area is 114 Å². The first-order chi connectivity index (χ1) is 9.79. The molecule has 0 spiro atoms. The first kappa shape index (κ1) is 14.6. The molecule has 2 rings (SSSR count). The summed E-state index contributed by atoms with van der Waals surface area (Å²) < 4.78 is 46.7. The minimum Gasteiger partial charge on any atom is -0.454 e. The zero-order valence-corrected chi connectivity index (χ0v) is 10.2. The SMILES string of the molecule is NC(=O)c1ccc(CNC(=O)c2ncoc2C(F)(F)F)o1. The number of nitrogens with two attached hydrogens (primary N) is 1. The molecular weight excluding hydrogens is 295 g/mol. The number of amides is 2. The fourth-order valence-electron chi connectivity index (χ4n) is 1.47. The van der Waals surface area contributed by atoms with Gasteiger partial charge >= 0.3 is 6.18 Å². The molecule has 0 bridgehead atoms. The zero-order valence-electron chi connectivity index (χ0n) is 10.2. The Kier molecular flexibility index (Phi) is 3.70. The lowest BCUT2D eigenvalue weighted by molar-refractivity contribution is -0.153. The summed E-state index contributed by atoms with van der Waals surface area (Å²) in [5, 5.41) is 2.16. The van der Waals surface area contributed by atoms with Gasteiger partial charge in [-0.2, -0.15) is 13.2 Å². The van der Waals surface area contributed by atoms with E-state index in [0.717, 1.165) is 0 Å². The Morgan fingerprint density at radius 3 is 2.62 bits per heavy atom. The van der Waals surface area contributed by atoms with Crippen LogP contribution < -0.4 is 11.1 Å². The lowest BCUT2D eigenvalue weighted by Gasteiger charge is -2.05. The molecule has 0 aromatic carbocycles. The number of primary amides is 1. The first-order valence-corrected chi connectivity index (χ1v) is 5.46. The Balaban J connectivity index is 2.05. The van der Waals surface area contributed by atoms with Gasteiger partial charge < -0.3 is 19.9 Å². The van der Waals surface area contributed by atoms with Gasteiger partial charge in [0.1, 0.15) is 5.76 Å². The second-order valence-electron chi connectivity index (χ2n) is 3.84. The van der Waals surface area contributed by atoms with Crippen LogP contribution in [0.3, 0.4) is 0 Å². The van der Waals surface area contributed by atoms with E-state index < -0.39 is 29.4 Å². The number of hydrogen-bond acceptors (Lipinski definition) is 5. The summed E-state index contributed by atoms with van der Waals surface area (Å²) in [6.07, 6.45) is -4.30. The average molecular weight is 303 g/mol. The van der Waals surface area contributed by atoms with Crippen LogP contribution in [0, 0.1) is 0 Å². The van der Waals surface area contributed by atoms with E-state index in [4.69, 9.17) is 10.2 Å². The molecule has 0 unspecified atom stereocenters. The number of furan rings is 1. The van der Waals surface area contributed by atoms with E-state index in [-0.39, 0.29) is 18.1 Å². The molecule has 10 heteroatoms. The van der Waals surface area contributed by atoms with Gasteiger partial charge in [-0.15, -0.1) is 0 Å². The molecule has 21 heavy (non-hydrogen) atoms. The third kappa shape index (κ3) is 3.22. The van der Waals surface area contributed by atoms with Crippen molar-refractivity contribution in [1.29, 1.82) is 0 Å². The molecule has 0 atom stereocenters. The fourth-order valence-corrected chi connectivity index (χ4v) is 1.47. The molecule has 3 N–H and O–H groups in total. The van der Waals surface area contributed by atoms with E-state index in [1.807, 2.05) is 0 Å². The summed E-state index contributed by atoms with van der Waals surface area (Å²) in [7, 11) is 0. The van der Waals surface area contributed by atoms with Gasteiger partial charge in [0.25, 0.3) is 11.8 Å².